The fourth-order valence-electron chi connectivity index (χ4n) is 3.15. The summed E-state index contributed by atoms with van der Waals surface area (Å²) >= 11 is 0. The van der Waals surface area contributed by atoms with Crippen molar-refractivity contribution in [1.29, 1.82) is 5.53 Å². The van der Waals surface area contributed by atoms with Gasteiger partial charge in [0.2, 0.25) is 10.0 Å². The highest BCUT2D eigenvalue weighted by atomic mass is 16.1. The van der Waals surface area contributed by atoms with Gasteiger partial charge in [0, 0.05) is 0 Å². The molecule has 4 nitrogen and oxygen atoms in total. The van der Waals surface area contributed by atoms with E-state index in [2.05, 4.69) is 22.2 Å². The van der Waals surface area contributed by atoms with Gasteiger partial charge in [0.25, 0.3) is 0 Å². The summed E-state index contributed by atoms with van der Waals surface area (Å²) in [5.41, 5.74) is 7.27. The van der Waals surface area contributed by atoms with Crippen LogP contribution in [-0.2, 0) is 0 Å². The molecule has 4 heteroatoms. The van der Waals surface area contributed by atoms with E-state index in [1.54, 1.807) is 0 Å². The molecule has 0 aromatic heterocycles. The number of nitrogens with zero attached hydrogens (tertiary/aromatic N) is 2. The summed E-state index contributed by atoms with van der Waals surface area (Å²) in [5.74, 6) is -0.494. The Hall–Kier alpha value is -3.36. The van der Waals surface area contributed by atoms with Crippen LogP contribution >= 0.6 is 0 Å². The van der Waals surface area contributed by atoms with Crippen LogP contribution in [0.1, 0.15) is 10.4 Å². The minimum Gasteiger partial charge on any atom is -0.259 e. The van der Waals surface area contributed by atoms with E-state index in [0.717, 1.165) is 32.3 Å². The molecular weight excluding hydrogens is 286 g/mol. The lowest BCUT2D eigenvalue weighted by atomic mass is 9.93. The van der Waals surface area contributed by atoms with E-state index >= 15 is 0 Å². The molecule has 0 spiro atoms. The Morgan fingerprint density at radius 2 is 1.48 bits per heavy atom. The van der Waals surface area contributed by atoms with Crippen LogP contribution in [0.15, 0.2) is 71.8 Å². The van der Waals surface area contributed by atoms with Crippen molar-refractivity contribution in [3.05, 3.63) is 72.3 Å². The van der Waals surface area contributed by atoms with E-state index in [1.807, 2.05) is 54.6 Å². The fourth-order valence-corrected chi connectivity index (χ4v) is 3.15. The third kappa shape index (κ3) is 2.01. The predicted octanol–water partition coefficient (Wildman–Crippen LogP) is 4.84. The van der Waals surface area contributed by atoms with Gasteiger partial charge < -0.3 is 0 Å². The number of hydrogen-bond acceptors (Lipinski definition) is 2. The fraction of sp³-hybridized carbons (Fsp3) is 0. The molecular formula is C19H12N3O+. The van der Waals surface area contributed by atoms with Crippen LogP contribution in [0.4, 0.5) is 0 Å². The Balaban J connectivity index is 2.25. The number of carbonyl (C=O) groups is 1. The number of hydrogen-bond donors (Lipinski definition) is 1. The van der Waals surface area contributed by atoms with Crippen LogP contribution in [0, 0.1) is 5.53 Å². The Bertz CT molecular complexity index is 1140. The lowest BCUT2D eigenvalue weighted by Gasteiger charge is -2.10. The highest BCUT2D eigenvalue weighted by molar-refractivity contribution is 6.24. The summed E-state index contributed by atoms with van der Waals surface area (Å²) < 4.78 is 0. The normalized spacial score (nSPS) is 10.8. The van der Waals surface area contributed by atoms with Crippen LogP contribution in [0.25, 0.3) is 32.3 Å². The first-order chi connectivity index (χ1) is 11.3. The van der Waals surface area contributed by atoms with Gasteiger partial charge in [0.05, 0.1) is 5.56 Å². The lowest BCUT2D eigenvalue weighted by Crippen LogP contribution is -1.97. The monoisotopic (exact) mass is 298 g/mol. The largest absolute Gasteiger partial charge is 0.361 e. The van der Waals surface area contributed by atoms with E-state index in [0.29, 0.717) is 5.56 Å². The standard InChI is InChI=1S/C19H12N3O/c20-22-21-19(23)17-11-13-10-9-12-5-1-2-6-14(12)18(13)16-8-4-3-7-15(16)17/h1-11,20H/q+1. The zero-order chi connectivity index (χ0) is 15.8. The van der Waals surface area contributed by atoms with Crippen LogP contribution < -0.4 is 4.91 Å². The number of rotatable bonds is 1. The summed E-state index contributed by atoms with van der Waals surface area (Å²) in [6.45, 7) is 0. The molecule has 108 valence electrons. The Kier molecular flexibility index (Phi) is 2.97. The number of amides is 1. The molecule has 0 saturated carbocycles. The van der Waals surface area contributed by atoms with Gasteiger partial charge in [-0.15, -0.1) is 0 Å². The van der Waals surface area contributed by atoms with Crippen molar-refractivity contribution in [2.45, 2.75) is 0 Å². The molecule has 0 aliphatic rings. The summed E-state index contributed by atoms with van der Waals surface area (Å²) in [4.78, 5) is 15.1. The Labute approximate surface area is 131 Å². The number of nitrogens with one attached hydrogen (secondary N) is 1. The molecule has 23 heavy (non-hydrogen) atoms. The van der Waals surface area contributed by atoms with Gasteiger partial charge in [-0.1, -0.05) is 60.7 Å². The van der Waals surface area contributed by atoms with Crippen molar-refractivity contribution >= 4 is 38.2 Å². The van der Waals surface area contributed by atoms with E-state index in [-0.39, 0.29) is 0 Å². The molecule has 0 saturated heterocycles. The number of fused-ring (bicyclic) bond motifs is 5. The van der Waals surface area contributed by atoms with Crippen LogP contribution in [0.5, 0.6) is 0 Å². The average Bonchev–Trinajstić information content (AvgIpc) is 2.60. The number of carbonyl (C=O) groups excluding carboxylic acids is 1. The highest BCUT2D eigenvalue weighted by Gasteiger charge is 2.16. The van der Waals surface area contributed by atoms with Crippen molar-refractivity contribution in [3.63, 3.8) is 0 Å². The molecule has 0 aliphatic carbocycles. The van der Waals surface area contributed by atoms with Gasteiger partial charge in [0.1, 0.15) is 5.53 Å². The van der Waals surface area contributed by atoms with Gasteiger partial charge in [-0.2, -0.15) is 0 Å². The predicted molar refractivity (Wildman–Crippen MR) is 90.6 cm³/mol. The molecule has 0 aliphatic heterocycles. The van der Waals surface area contributed by atoms with Gasteiger partial charge >= 0.3 is 5.91 Å². The Morgan fingerprint density at radius 1 is 0.826 bits per heavy atom. The zero-order valence-corrected chi connectivity index (χ0v) is 12.2. The van der Waals surface area contributed by atoms with E-state index < -0.39 is 5.91 Å². The average molecular weight is 298 g/mol. The zero-order valence-electron chi connectivity index (χ0n) is 12.2. The second-order valence-electron chi connectivity index (χ2n) is 5.36. The van der Waals surface area contributed by atoms with Crippen LogP contribution in [0.2, 0.25) is 0 Å². The molecule has 0 atom stereocenters. The summed E-state index contributed by atoms with van der Waals surface area (Å²) in [6, 6.07) is 21.9. The topological polar surface area (TPSA) is 67.4 Å². The minimum absolute atomic E-state index is 0.472. The molecule has 1 N–H and O–H groups in total. The first-order valence-corrected chi connectivity index (χ1v) is 7.24. The SMILES string of the molecule is N=[N+]=NC(=O)c1cc2ccc3ccccc3c2c2ccccc12. The summed E-state index contributed by atoms with van der Waals surface area (Å²) in [6.07, 6.45) is 0. The third-order valence-corrected chi connectivity index (χ3v) is 4.12. The van der Waals surface area contributed by atoms with Crippen molar-refractivity contribution in [1.82, 2.24) is 4.91 Å². The van der Waals surface area contributed by atoms with E-state index in [9.17, 15) is 4.79 Å². The molecule has 0 heterocycles. The summed E-state index contributed by atoms with van der Waals surface area (Å²) in [7, 11) is 0. The molecule has 0 bridgehead atoms. The van der Waals surface area contributed by atoms with Crippen LogP contribution in [-0.4, -0.2) is 5.91 Å². The lowest BCUT2D eigenvalue weighted by molar-refractivity contribution is 0.0994. The summed E-state index contributed by atoms with van der Waals surface area (Å²) in [5, 5.41) is 9.62. The maximum absolute atomic E-state index is 12.2. The molecule has 1 amide bonds. The second kappa shape index (κ2) is 5.13. The molecule has 4 aromatic rings. The molecule has 0 unspecified atom stereocenters. The third-order valence-electron chi connectivity index (χ3n) is 4.12. The van der Waals surface area contributed by atoms with Gasteiger partial charge in [-0.3, -0.25) is 4.79 Å². The van der Waals surface area contributed by atoms with Crippen LogP contribution in [0.3, 0.4) is 0 Å². The first kappa shape index (κ1) is 13.3. The number of benzene rings is 4. The molecule has 4 aromatic carbocycles. The quantitative estimate of drug-likeness (QED) is 0.305. The van der Waals surface area contributed by atoms with Crippen molar-refractivity contribution in [2.24, 2.45) is 5.11 Å². The first-order valence-electron chi connectivity index (χ1n) is 7.24. The van der Waals surface area contributed by atoms with Crippen molar-refractivity contribution < 1.29 is 4.79 Å². The van der Waals surface area contributed by atoms with Gasteiger partial charge in [-0.05, 0) is 38.4 Å². The minimum atomic E-state index is -0.494. The molecule has 0 fully saturated rings. The van der Waals surface area contributed by atoms with Crippen molar-refractivity contribution in [3.8, 4) is 0 Å². The van der Waals surface area contributed by atoms with E-state index in [4.69, 9.17) is 5.53 Å². The smallest absolute Gasteiger partial charge is 0.259 e. The van der Waals surface area contributed by atoms with E-state index in [1.165, 1.54) is 0 Å². The maximum Gasteiger partial charge on any atom is 0.361 e. The molecule has 0 radical (unpaired) electrons. The molecule has 4 rings (SSSR count). The second-order valence-corrected chi connectivity index (χ2v) is 5.36. The maximum atomic E-state index is 12.2. The van der Waals surface area contributed by atoms with Gasteiger partial charge in [0.15, 0.2) is 0 Å². The van der Waals surface area contributed by atoms with Gasteiger partial charge in [-0.25, -0.2) is 0 Å². The Morgan fingerprint density at radius 3 is 2.26 bits per heavy atom. The van der Waals surface area contributed by atoms with Crippen molar-refractivity contribution in [2.75, 3.05) is 0 Å². The highest BCUT2D eigenvalue weighted by Crippen LogP contribution is 2.34.